The maximum atomic E-state index is 12.8. The van der Waals surface area contributed by atoms with E-state index in [-0.39, 0.29) is 11.7 Å². The van der Waals surface area contributed by atoms with Gasteiger partial charge in [0.25, 0.3) is 6.43 Å². The Bertz CT molecular complexity index is 603. The van der Waals surface area contributed by atoms with Gasteiger partial charge in [-0.05, 0) is 25.0 Å². The third-order valence-electron chi connectivity index (χ3n) is 3.54. The number of halogens is 2. The van der Waals surface area contributed by atoms with E-state index >= 15 is 0 Å². The standard InChI is InChI=1S/C12H15F2N5O/c13-11(14)12-17-16-10-6-5-9(18-19(10)12)15-7-3-1-2-4-8(7)20/h5-8,11,20H,1-4H2,(H,15,18)/t7-,8-/m0/s1. The number of aliphatic hydroxyl groups excluding tert-OH is 1. The average molecular weight is 283 g/mol. The van der Waals surface area contributed by atoms with E-state index in [9.17, 15) is 13.9 Å². The van der Waals surface area contributed by atoms with Crippen LogP contribution in [0.3, 0.4) is 0 Å². The maximum absolute atomic E-state index is 12.8. The summed E-state index contributed by atoms with van der Waals surface area (Å²) in [5, 5.41) is 24.1. The van der Waals surface area contributed by atoms with Crippen LogP contribution in [0.4, 0.5) is 14.6 Å². The lowest BCUT2D eigenvalue weighted by atomic mass is 9.93. The van der Waals surface area contributed by atoms with Crippen LogP contribution in [-0.4, -0.2) is 37.1 Å². The van der Waals surface area contributed by atoms with E-state index in [2.05, 4.69) is 20.6 Å². The summed E-state index contributed by atoms with van der Waals surface area (Å²) in [4.78, 5) is 0. The second-order valence-corrected chi connectivity index (χ2v) is 4.95. The molecule has 0 spiro atoms. The van der Waals surface area contributed by atoms with Crippen molar-refractivity contribution >= 4 is 11.5 Å². The highest BCUT2D eigenvalue weighted by molar-refractivity contribution is 5.44. The highest BCUT2D eigenvalue weighted by Crippen LogP contribution is 2.22. The topological polar surface area (TPSA) is 75.3 Å². The summed E-state index contributed by atoms with van der Waals surface area (Å²) in [5.74, 6) is -0.0435. The largest absolute Gasteiger partial charge is 0.391 e. The fourth-order valence-electron chi connectivity index (χ4n) is 2.49. The first-order valence-electron chi connectivity index (χ1n) is 6.60. The zero-order valence-corrected chi connectivity index (χ0v) is 10.7. The van der Waals surface area contributed by atoms with Crippen molar-refractivity contribution in [1.29, 1.82) is 0 Å². The van der Waals surface area contributed by atoms with E-state index in [1.54, 1.807) is 12.1 Å². The zero-order chi connectivity index (χ0) is 14.1. The molecule has 1 fully saturated rings. The lowest BCUT2D eigenvalue weighted by Gasteiger charge is -2.28. The molecular formula is C12H15F2N5O. The second kappa shape index (κ2) is 5.28. The third kappa shape index (κ3) is 2.43. The maximum Gasteiger partial charge on any atom is 0.299 e. The molecule has 1 aliphatic carbocycles. The van der Waals surface area contributed by atoms with Crippen LogP contribution in [-0.2, 0) is 0 Å². The Balaban J connectivity index is 1.86. The van der Waals surface area contributed by atoms with Gasteiger partial charge in [0.15, 0.2) is 5.65 Å². The number of fused-ring (bicyclic) bond motifs is 1. The second-order valence-electron chi connectivity index (χ2n) is 4.95. The highest BCUT2D eigenvalue weighted by Gasteiger charge is 2.23. The number of alkyl halides is 2. The molecule has 0 saturated heterocycles. The Morgan fingerprint density at radius 1 is 1.25 bits per heavy atom. The van der Waals surface area contributed by atoms with Gasteiger partial charge in [-0.2, -0.15) is 4.52 Å². The van der Waals surface area contributed by atoms with Crippen molar-refractivity contribution in [3.63, 3.8) is 0 Å². The zero-order valence-electron chi connectivity index (χ0n) is 10.7. The van der Waals surface area contributed by atoms with Gasteiger partial charge >= 0.3 is 0 Å². The van der Waals surface area contributed by atoms with Crippen molar-refractivity contribution in [1.82, 2.24) is 19.8 Å². The van der Waals surface area contributed by atoms with E-state index < -0.39 is 18.4 Å². The fourth-order valence-corrected chi connectivity index (χ4v) is 2.49. The fraction of sp³-hybridized carbons (Fsp3) is 0.583. The molecule has 1 aliphatic rings. The van der Waals surface area contributed by atoms with E-state index in [1.807, 2.05) is 0 Å². The van der Waals surface area contributed by atoms with Crippen molar-refractivity contribution in [3.8, 4) is 0 Å². The molecule has 0 aromatic carbocycles. The Hall–Kier alpha value is -1.83. The van der Waals surface area contributed by atoms with Crippen molar-refractivity contribution < 1.29 is 13.9 Å². The number of aromatic nitrogens is 4. The molecular weight excluding hydrogens is 268 g/mol. The number of rotatable bonds is 3. The van der Waals surface area contributed by atoms with Gasteiger partial charge in [0, 0.05) is 0 Å². The highest BCUT2D eigenvalue weighted by atomic mass is 19.3. The normalized spacial score (nSPS) is 23.4. The summed E-state index contributed by atoms with van der Waals surface area (Å²) < 4.78 is 26.5. The summed E-state index contributed by atoms with van der Waals surface area (Å²) in [5.41, 5.74) is 0.273. The Morgan fingerprint density at radius 2 is 2.05 bits per heavy atom. The molecule has 0 bridgehead atoms. The molecule has 0 aliphatic heterocycles. The lowest BCUT2D eigenvalue weighted by molar-refractivity contribution is 0.116. The van der Waals surface area contributed by atoms with Gasteiger partial charge < -0.3 is 10.4 Å². The molecule has 0 amide bonds. The molecule has 2 aromatic heterocycles. The van der Waals surface area contributed by atoms with Crippen LogP contribution in [0.1, 0.15) is 37.9 Å². The van der Waals surface area contributed by atoms with Crippen LogP contribution in [0.5, 0.6) is 0 Å². The predicted octanol–water partition coefficient (Wildman–Crippen LogP) is 1.78. The Labute approximate surface area is 113 Å². The number of nitrogens with zero attached hydrogens (tertiary/aromatic N) is 4. The molecule has 6 nitrogen and oxygen atoms in total. The van der Waals surface area contributed by atoms with Gasteiger partial charge in [0.05, 0.1) is 12.1 Å². The Morgan fingerprint density at radius 3 is 2.80 bits per heavy atom. The Kier molecular flexibility index (Phi) is 3.47. The van der Waals surface area contributed by atoms with Gasteiger partial charge in [-0.3, -0.25) is 0 Å². The molecule has 2 heterocycles. The third-order valence-corrected chi connectivity index (χ3v) is 3.54. The van der Waals surface area contributed by atoms with E-state index in [1.165, 1.54) is 0 Å². The molecule has 8 heteroatoms. The first kappa shape index (κ1) is 13.2. The number of hydrogen-bond acceptors (Lipinski definition) is 5. The summed E-state index contributed by atoms with van der Waals surface area (Å²) in [6, 6.07) is 3.13. The van der Waals surface area contributed by atoms with Crippen LogP contribution in [0.25, 0.3) is 5.65 Å². The first-order valence-corrected chi connectivity index (χ1v) is 6.60. The van der Waals surface area contributed by atoms with Crippen LogP contribution in [0.2, 0.25) is 0 Å². The lowest BCUT2D eigenvalue weighted by Crippen LogP contribution is -2.36. The monoisotopic (exact) mass is 283 g/mol. The number of nitrogens with one attached hydrogen (secondary N) is 1. The molecule has 2 N–H and O–H groups in total. The molecule has 20 heavy (non-hydrogen) atoms. The summed E-state index contributed by atoms with van der Waals surface area (Å²) in [6.07, 6.45) is 0.461. The van der Waals surface area contributed by atoms with Crippen molar-refractivity contribution in [3.05, 3.63) is 18.0 Å². The first-order chi connectivity index (χ1) is 9.65. The molecule has 1 saturated carbocycles. The minimum atomic E-state index is -2.73. The van der Waals surface area contributed by atoms with Gasteiger partial charge in [0.2, 0.25) is 5.82 Å². The summed E-state index contributed by atoms with van der Waals surface area (Å²) >= 11 is 0. The predicted molar refractivity (Wildman–Crippen MR) is 67.6 cm³/mol. The average Bonchev–Trinajstić information content (AvgIpc) is 2.84. The van der Waals surface area contributed by atoms with Crippen LogP contribution >= 0.6 is 0 Å². The van der Waals surface area contributed by atoms with Crippen LogP contribution < -0.4 is 5.32 Å². The van der Waals surface area contributed by atoms with Crippen molar-refractivity contribution in [2.24, 2.45) is 0 Å². The van der Waals surface area contributed by atoms with Crippen LogP contribution in [0, 0.1) is 0 Å². The molecule has 0 unspecified atom stereocenters. The quantitative estimate of drug-likeness (QED) is 0.898. The smallest absolute Gasteiger partial charge is 0.299 e. The minimum Gasteiger partial charge on any atom is -0.391 e. The van der Waals surface area contributed by atoms with Gasteiger partial charge in [0.1, 0.15) is 5.82 Å². The molecule has 2 aromatic rings. The number of aliphatic hydroxyl groups is 1. The van der Waals surface area contributed by atoms with Gasteiger partial charge in [-0.1, -0.05) is 12.8 Å². The number of anilines is 1. The van der Waals surface area contributed by atoms with Crippen molar-refractivity contribution in [2.45, 2.75) is 44.3 Å². The van der Waals surface area contributed by atoms with E-state index in [0.717, 1.165) is 30.2 Å². The molecule has 108 valence electrons. The molecule has 3 rings (SSSR count). The summed E-state index contributed by atoms with van der Waals surface area (Å²) in [7, 11) is 0. The van der Waals surface area contributed by atoms with E-state index in [0.29, 0.717) is 5.82 Å². The minimum absolute atomic E-state index is 0.0971. The number of hydrogen-bond donors (Lipinski definition) is 2. The van der Waals surface area contributed by atoms with Crippen molar-refractivity contribution in [2.75, 3.05) is 5.32 Å². The summed E-state index contributed by atoms with van der Waals surface area (Å²) in [6.45, 7) is 0. The SMILES string of the molecule is O[C@H]1CCCC[C@@H]1Nc1ccc2nnc(C(F)F)n2n1. The van der Waals surface area contributed by atoms with Gasteiger partial charge in [-0.25, -0.2) is 8.78 Å². The molecule has 2 atom stereocenters. The van der Waals surface area contributed by atoms with Gasteiger partial charge in [-0.15, -0.1) is 15.3 Å². The van der Waals surface area contributed by atoms with E-state index in [4.69, 9.17) is 0 Å². The van der Waals surface area contributed by atoms with Crippen LogP contribution in [0.15, 0.2) is 12.1 Å². The molecule has 0 radical (unpaired) electrons.